The minimum absolute atomic E-state index is 0.0107. The lowest BCUT2D eigenvalue weighted by Gasteiger charge is -2.17. The normalized spacial score (nSPS) is 11.3. The number of unbranched alkanes of at least 4 members (excludes halogenated alkanes) is 3. The van der Waals surface area contributed by atoms with E-state index in [1.165, 1.54) is 6.20 Å². The minimum Gasteiger partial charge on any atom is -0.480 e. The van der Waals surface area contributed by atoms with Crippen molar-refractivity contribution in [3.8, 4) is 0 Å². The van der Waals surface area contributed by atoms with Crippen molar-refractivity contribution in [2.75, 3.05) is 18.4 Å². The Morgan fingerprint density at radius 2 is 1.55 bits per heavy atom. The minimum atomic E-state index is -1.38. The fraction of sp³-hybridized carbons (Fsp3) is 0.367. The van der Waals surface area contributed by atoms with Crippen molar-refractivity contribution in [2.45, 2.75) is 58.3 Å². The van der Waals surface area contributed by atoms with Crippen LogP contribution in [0.5, 0.6) is 0 Å². The Morgan fingerprint density at radius 1 is 0.905 bits per heavy atom. The summed E-state index contributed by atoms with van der Waals surface area (Å²) in [6.07, 6.45) is 4.18. The van der Waals surface area contributed by atoms with Gasteiger partial charge in [-0.15, -0.1) is 0 Å². The number of carboxylic acids is 1. The molecule has 0 unspecified atom stereocenters. The first-order valence-corrected chi connectivity index (χ1v) is 13.9. The first kappa shape index (κ1) is 31.7. The zero-order valence-electron chi connectivity index (χ0n) is 23.7. The predicted octanol–water partition coefficient (Wildman–Crippen LogP) is 3.40. The van der Waals surface area contributed by atoms with Crippen LogP contribution in [0.2, 0.25) is 0 Å². The van der Waals surface area contributed by atoms with Gasteiger partial charge in [0.25, 0.3) is 0 Å². The Kier molecular flexibility index (Phi) is 12.9. The van der Waals surface area contributed by atoms with Crippen molar-refractivity contribution in [3.63, 3.8) is 0 Å². The number of carboxylic acid groups (broad SMARTS) is 1. The van der Waals surface area contributed by atoms with Gasteiger partial charge in [0.05, 0.1) is 6.54 Å². The number of ether oxygens (including phenoxy) is 1. The molecule has 0 aliphatic rings. The molecule has 12 heteroatoms. The first-order chi connectivity index (χ1) is 20.3. The van der Waals surface area contributed by atoms with Gasteiger partial charge in [0.15, 0.2) is 0 Å². The lowest BCUT2D eigenvalue weighted by atomic mass is 10.2. The van der Waals surface area contributed by atoms with E-state index < -0.39 is 23.8 Å². The lowest BCUT2D eigenvalue weighted by Crippen LogP contribution is -2.45. The lowest BCUT2D eigenvalue weighted by molar-refractivity contribution is -0.139. The highest BCUT2D eigenvalue weighted by Gasteiger charge is 2.22. The van der Waals surface area contributed by atoms with Gasteiger partial charge in [-0.25, -0.2) is 19.2 Å². The van der Waals surface area contributed by atoms with Crippen molar-refractivity contribution in [1.82, 2.24) is 25.5 Å². The van der Waals surface area contributed by atoms with E-state index in [1.54, 1.807) is 31.2 Å². The molecule has 3 aromatic rings. The van der Waals surface area contributed by atoms with E-state index in [1.807, 2.05) is 36.4 Å². The van der Waals surface area contributed by atoms with Crippen LogP contribution in [0, 0.1) is 6.92 Å². The van der Waals surface area contributed by atoms with E-state index in [-0.39, 0.29) is 19.2 Å². The Labute approximate surface area is 244 Å². The number of benzene rings is 2. The highest BCUT2D eigenvalue weighted by Crippen LogP contribution is 2.09. The van der Waals surface area contributed by atoms with Crippen LogP contribution >= 0.6 is 0 Å². The molecule has 3 rings (SSSR count). The third-order valence-electron chi connectivity index (χ3n) is 6.34. The third-order valence-corrected chi connectivity index (χ3v) is 6.34. The van der Waals surface area contributed by atoms with Crippen LogP contribution in [0.4, 0.5) is 15.4 Å². The average molecular weight is 579 g/mol. The van der Waals surface area contributed by atoms with Crippen molar-refractivity contribution >= 4 is 23.9 Å². The van der Waals surface area contributed by atoms with Crippen LogP contribution < -0.4 is 27.0 Å². The van der Waals surface area contributed by atoms with E-state index >= 15 is 0 Å². The van der Waals surface area contributed by atoms with Gasteiger partial charge in [0.2, 0.25) is 0 Å². The number of aliphatic carboxylic acids is 1. The molecular weight excluding hydrogens is 540 g/mol. The van der Waals surface area contributed by atoms with Gasteiger partial charge in [-0.1, -0.05) is 73.5 Å². The maximum absolute atomic E-state index is 12.6. The number of hydrogen-bond donors (Lipinski definition) is 5. The van der Waals surface area contributed by atoms with Crippen LogP contribution in [-0.2, 0) is 29.2 Å². The number of hydrogen-bond acceptors (Lipinski definition) is 7. The molecule has 12 nitrogen and oxygen atoms in total. The van der Waals surface area contributed by atoms with Crippen LogP contribution in [0.1, 0.15) is 42.4 Å². The van der Waals surface area contributed by atoms with Crippen LogP contribution in [0.3, 0.4) is 0 Å². The molecular formula is C30H38N6O6. The summed E-state index contributed by atoms with van der Waals surface area (Å²) in [5.41, 5.74) is 1.83. The molecule has 1 aromatic heterocycles. The van der Waals surface area contributed by atoms with Crippen molar-refractivity contribution in [1.29, 1.82) is 0 Å². The highest BCUT2D eigenvalue weighted by molar-refractivity contribution is 5.79. The third kappa shape index (κ3) is 11.3. The molecule has 0 aliphatic carbocycles. The number of carbonyl (C=O) groups is 3. The van der Waals surface area contributed by atoms with E-state index in [0.29, 0.717) is 31.0 Å². The number of nitrogens with one attached hydrogen (secondary N) is 4. The molecule has 1 atom stereocenters. The van der Waals surface area contributed by atoms with Gasteiger partial charge in [0.1, 0.15) is 18.5 Å². The summed E-state index contributed by atoms with van der Waals surface area (Å²) in [5, 5.41) is 20.7. The molecule has 2 aromatic carbocycles. The molecule has 3 amide bonds. The fourth-order valence-corrected chi connectivity index (χ4v) is 4.05. The van der Waals surface area contributed by atoms with Crippen LogP contribution in [0.25, 0.3) is 0 Å². The number of aromatic nitrogens is 2. The second-order valence-corrected chi connectivity index (χ2v) is 9.74. The molecule has 0 saturated carbocycles. The Bertz CT molecular complexity index is 1350. The second kappa shape index (κ2) is 17.1. The Hall–Kier alpha value is -4.87. The summed E-state index contributed by atoms with van der Waals surface area (Å²) in [6.45, 7) is 3.12. The monoisotopic (exact) mass is 578 g/mol. The van der Waals surface area contributed by atoms with Gasteiger partial charge in [-0.3, -0.25) is 4.57 Å². The Balaban J connectivity index is 1.34. The SMILES string of the molecule is Cc1cn(C[C@H](NC(=O)OCc2ccccc2)C(=O)O)c(=O)nc1NCCCCCCNC(=O)NCc1ccccc1. The molecule has 0 bridgehead atoms. The van der Waals surface area contributed by atoms with Gasteiger partial charge in [-0.2, -0.15) is 4.98 Å². The fourth-order valence-electron chi connectivity index (χ4n) is 4.05. The van der Waals surface area contributed by atoms with E-state index in [0.717, 1.165) is 41.4 Å². The second-order valence-electron chi connectivity index (χ2n) is 9.74. The van der Waals surface area contributed by atoms with Gasteiger partial charge >= 0.3 is 23.8 Å². The number of aryl methyl sites for hydroxylation is 1. The van der Waals surface area contributed by atoms with Crippen LogP contribution in [0.15, 0.2) is 71.7 Å². The van der Waals surface area contributed by atoms with Crippen molar-refractivity contribution in [2.24, 2.45) is 0 Å². The number of nitrogens with zero attached hydrogens (tertiary/aromatic N) is 2. The van der Waals surface area contributed by atoms with Gasteiger partial charge in [-0.05, 0) is 30.9 Å². The Morgan fingerprint density at radius 3 is 2.21 bits per heavy atom. The number of alkyl carbamates (subject to hydrolysis) is 1. The molecule has 1 heterocycles. The molecule has 0 saturated heterocycles. The highest BCUT2D eigenvalue weighted by atomic mass is 16.5. The number of urea groups is 1. The smallest absolute Gasteiger partial charge is 0.408 e. The number of carbonyl (C=O) groups excluding carboxylic acids is 2. The van der Waals surface area contributed by atoms with E-state index in [4.69, 9.17) is 4.74 Å². The molecule has 5 N–H and O–H groups in total. The summed E-state index contributed by atoms with van der Waals surface area (Å²) in [4.78, 5) is 52.4. The quantitative estimate of drug-likeness (QED) is 0.161. The summed E-state index contributed by atoms with van der Waals surface area (Å²) in [6, 6.07) is 17.1. The molecule has 42 heavy (non-hydrogen) atoms. The summed E-state index contributed by atoms with van der Waals surface area (Å²) >= 11 is 0. The number of anilines is 1. The number of amides is 3. The summed E-state index contributed by atoms with van der Waals surface area (Å²) in [5.74, 6) is -0.878. The molecule has 0 spiro atoms. The van der Waals surface area contributed by atoms with E-state index in [9.17, 15) is 24.3 Å². The van der Waals surface area contributed by atoms with Crippen LogP contribution in [-0.4, -0.2) is 51.9 Å². The molecule has 0 aliphatic heterocycles. The topological polar surface area (TPSA) is 164 Å². The zero-order valence-corrected chi connectivity index (χ0v) is 23.7. The summed E-state index contributed by atoms with van der Waals surface area (Å²) < 4.78 is 6.25. The van der Waals surface area contributed by atoms with Crippen molar-refractivity contribution < 1.29 is 24.2 Å². The standard InChI is InChI=1S/C30H38N6O6/c1-22-19-36(20-25(27(37)38)34-30(41)42-21-24-14-8-5-9-15-24)29(40)35-26(22)31-16-10-2-3-11-17-32-28(39)33-18-23-12-6-4-7-13-23/h4-9,12-15,19,25H,2-3,10-11,16-18,20-21H2,1H3,(H,34,41)(H,37,38)(H,31,35,40)(H2,32,33,39)/t25-/m0/s1. The van der Waals surface area contributed by atoms with Gasteiger partial charge < -0.3 is 31.1 Å². The maximum Gasteiger partial charge on any atom is 0.408 e. The first-order valence-electron chi connectivity index (χ1n) is 13.9. The maximum atomic E-state index is 12.6. The van der Waals surface area contributed by atoms with Crippen molar-refractivity contribution in [3.05, 3.63) is 94.0 Å². The van der Waals surface area contributed by atoms with Gasteiger partial charge in [0, 0.05) is 31.4 Å². The largest absolute Gasteiger partial charge is 0.480 e. The predicted molar refractivity (Wildman–Crippen MR) is 158 cm³/mol. The zero-order chi connectivity index (χ0) is 30.2. The molecule has 0 radical (unpaired) electrons. The molecule has 0 fully saturated rings. The molecule has 224 valence electrons. The number of rotatable bonds is 16. The van der Waals surface area contributed by atoms with E-state index in [2.05, 4.69) is 26.3 Å². The summed E-state index contributed by atoms with van der Waals surface area (Å²) in [7, 11) is 0. The average Bonchev–Trinajstić information content (AvgIpc) is 2.99.